The smallest absolute Gasteiger partial charge is 0.217 e. The minimum atomic E-state index is -1.04. The van der Waals surface area contributed by atoms with Crippen molar-refractivity contribution in [2.45, 2.75) is 127 Å². The molecule has 286 valence electrons. The molecule has 4 heterocycles. The summed E-state index contributed by atoms with van der Waals surface area (Å²) in [6.45, 7) is 10.2. The van der Waals surface area contributed by atoms with Crippen molar-refractivity contribution in [3.8, 4) is 0 Å². The monoisotopic (exact) mass is 733 g/mol. The molecular formula is C41H51NO11. The van der Waals surface area contributed by atoms with Crippen LogP contribution in [-0.4, -0.2) is 92.0 Å². The van der Waals surface area contributed by atoms with Gasteiger partial charge in [0.1, 0.15) is 48.8 Å². The molecule has 0 saturated carbocycles. The van der Waals surface area contributed by atoms with E-state index in [1.54, 1.807) is 0 Å². The fourth-order valence-corrected chi connectivity index (χ4v) is 7.33. The average Bonchev–Trinajstić information content (AvgIpc) is 3.77. The summed E-state index contributed by atoms with van der Waals surface area (Å²) in [4.78, 5) is 13.0. The summed E-state index contributed by atoms with van der Waals surface area (Å²) in [5, 5.41) is 3.09. The molecule has 1 N–H and O–H groups in total. The van der Waals surface area contributed by atoms with Crippen LogP contribution in [0.4, 0.5) is 0 Å². The van der Waals surface area contributed by atoms with E-state index in [2.05, 4.69) is 5.32 Å². The van der Waals surface area contributed by atoms with Gasteiger partial charge < -0.3 is 52.7 Å². The Morgan fingerprint density at radius 3 is 1.85 bits per heavy atom. The van der Waals surface area contributed by atoms with E-state index in [-0.39, 0.29) is 32.3 Å². The van der Waals surface area contributed by atoms with Gasteiger partial charge in [-0.05, 0) is 44.4 Å². The van der Waals surface area contributed by atoms with Gasteiger partial charge in [-0.25, -0.2) is 0 Å². The molecule has 3 aromatic rings. The Kier molecular flexibility index (Phi) is 11.9. The second-order valence-corrected chi connectivity index (χ2v) is 14.8. The zero-order valence-electron chi connectivity index (χ0n) is 31.0. The van der Waals surface area contributed by atoms with Crippen LogP contribution in [0.2, 0.25) is 0 Å². The van der Waals surface area contributed by atoms with E-state index in [0.717, 1.165) is 16.7 Å². The van der Waals surface area contributed by atoms with Gasteiger partial charge in [-0.3, -0.25) is 4.79 Å². The van der Waals surface area contributed by atoms with E-state index in [4.69, 9.17) is 47.4 Å². The number of rotatable bonds is 14. The van der Waals surface area contributed by atoms with Gasteiger partial charge in [0.15, 0.2) is 24.2 Å². The SMILES string of the molecule is CC(=O)N[C@H]1[C@@H](O[C@@H]2[C@H]3OC(C)(C)O[C@H]3O[C@@H]2[C@H]2COC(C)(C)O2)O[C@H](COCc2ccccc2)[C@@H](OCc2ccccc2)[C@@H]1OCc1ccccc1. The number of carbonyl (C=O) groups is 1. The van der Waals surface area contributed by atoms with Gasteiger partial charge in [0.05, 0.1) is 33.0 Å². The van der Waals surface area contributed by atoms with Crippen LogP contribution in [0.5, 0.6) is 0 Å². The first-order valence-electron chi connectivity index (χ1n) is 18.4. The Morgan fingerprint density at radius 1 is 0.698 bits per heavy atom. The lowest BCUT2D eigenvalue weighted by atomic mass is 9.95. The molecule has 1 amide bonds. The molecule has 12 nitrogen and oxygen atoms in total. The molecule has 0 bridgehead atoms. The Labute approximate surface area is 311 Å². The van der Waals surface area contributed by atoms with Crippen molar-refractivity contribution >= 4 is 5.91 Å². The van der Waals surface area contributed by atoms with Crippen LogP contribution in [0.15, 0.2) is 91.0 Å². The van der Waals surface area contributed by atoms with Crippen molar-refractivity contribution < 1.29 is 52.2 Å². The molecular weight excluding hydrogens is 682 g/mol. The topological polar surface area (TPSA) is 121 Å². The summed E-state index contributed by atoms with van der Waals surface area (Å²) in [5.41, 5.74) is 2.96. The molecule has 10 atom stereocenters. The Hall–Kier alpha value is -3.27. The Morgan fingerprint density at radius 2 is 1.28 bits per heavy atom. The molecule has 53 heavy (non-hydrogen) atoms. The molecule has 0 aromatic heterocycles. The van der Waals surface area contributed by atoms with Crippen LogP contribution < -0.4 is 5.32 Å². The quantitative estimate of drug-likeness (QED) is 0.241. The van der Waals surface area contributed by atoms with Gasteiger partial charge in [0.2, 0.25) is 5.91 Å². The van der Waals surface area contributed by atoms with Crippen LogP contribution in [0.3, 0.4) is 0 Å². The van der Waals surface area contributed by atoms with Crippen molar-refractivity contribution in [1.82, 2.24) is 5.32 Å². The predicted octanol–water partition coefficient (Wildman–Crippen LogP) is 5.02. The van der Waals surface area contributed by atoms with E-state index < -0.39 is 72.9 Å². The minimum absolute atomic E-state index is 0.156. The second kappa shape index (κ2) is 16.6. The number of carbonyl (C=O) groups excluding carboxylic acids is 1. The molecule has 4 aliphatic rings. The van der Waals surface area contributed by atoms with Gasteiger partial charge in [0.25, 0.3) is 0 Å². The summed E-state index contributed by atoms with van der Waals surface area (Å²) in [6.07, 6.45) is -6.29. The molecule has 4 fully saturated rings. The molecule has 7 rings (SSSR count). The number of amides is 1. The van der Waals surface area contributed by atoms with Crippen LogP contribution in [0.1, 0.15) is 51.3 Å². The first kappa shape index (κ1) is 38.0. The van der Waals surface area contributed by atoms with Crippen molar-refractivity contribution in [3.05, 3.63) is 108 Å². The fraction of sp³-hybridized carbons (Fsp3) is 0.537. The highest BCUT2D eigenvalue weighted by molar-refractivity contribution is 5.73. The third-order valence-electron chi connectivity index (χ3n) is 9.70. The Balaban J connectivity index is 1.21. The van der Waals surface area contributed by atoms with Gasteiger partial charge in [-0.2, -0.15) is 0 Å². The fourth-order valence-electron chi connectivity index (χ4n) is 7.33. The molecule has 12 heteroatoms. The lowest BCUT2D eigenvalue weighted by Crippen LogP contribution is -2.67. The first-order chi connectivity index (χ1) is 25.5. The van der Waals surface area contributed by atoms with E-state index >= 15 is 0 Å². The summed E-state index contributed by atoms with van der Waals surface area (Å²) in [6, 6.07) is 28.9. The average molecular weight is 734 g/mol. The lowest BCUT2D eigenvalue weighted by Gasteiger charge is -2.47. The van der Waals surface area contributed by atoms with Crippen molar-refractivity contribution in [2.75, 3.05) is 13.2 Å². The largest absolute Gasteiger partial charge is 0.374 e. The van der Waals surface area contributed by atoms with E-state index in [0.29, 0.717) is 6.61 Å². The van der Waals surface area contributed by atoms with Gasteiger partial charge in [-0.15, -0.1) is 0 Å². The molecule has 3 aromatic carbocycles. The maximum absolute atomic E-state index is 13.0. The molecule has 4 aliphatic heterocycles. The lowest BCUT2D eigenvalue weighted by molar-refractivity contribution is -0.314. The van der Waals surface area contributed by atoms with Crippen LogP contribution in [-0.2, 0) is 72.0 Å². The van der Waals surface area contributed by atoms with Crippen molar-refractivity contribution in [3.63, 3.8) is 0 Å². The molecule has 0 unspecified atom stereocenters. The third-order valence-corrected chi connectivity index (χ3v) is 9.70. The van der Waals surface area contributed by atoms with Gasteiger partial charge >= 0.3 is 0 Å². The van der Waals surface area contributed by atoms with Crippen LogP contribution in [0.25, 0.3) is 0 Å². The van der Waals surface area contributed by atoms with E-state index in [9.17, 15) is 4.79 Å². The van der Waals surface area contributed by atoms with Crippen LogP contribution >= 0.6 is 0 Å². The normalized spacial score (nSPS) is 33.1. The zero-order chi connectivity index (χ0) is 37.0. The highest BCUT2D eigenvalue weighted by Crippen LogP contribution is 2.43. The van der Waals surface area contributed by atoms with E-state index in [1.165, 1.54) is 6.92 Å². The summed E-state index contributed by atoms with van der Waals surface area (Å²) in [7, 11) is 0. The third kappa shape index (κ3) is 9.52. The first-order valence-corrected chi connectivity index (χ1v) is 18.4. The maximum atomic E-state index is 13.0. The maximum Gasteiger partial charge on any atom is 0.217 e. The predicted molar refractivity (Wildman–Crippen MR) is 191 cm³/mol. The number of hydrogen-bond donors (Lipinski definition) is 1. The minimum Gasteiger partial charge on any atom is -0.374 e. The van der Waals surface area contributed by atoms with Crippen LogP contribution in [0, 0.1) is 0 Å². The Bertz CT molecular complexity index is 1610. The highest BCUT2D eigenvalue weighted by atomic mass is 16.9. The number of fused-ring (bicyclic) bond motifs is 1. The van der Waals surface area contributed by atoms with Gasteiger partial charge in [0, 0.05) is 6.92 Å². The van der Waals surface area contributed by atoms with E-state index in [1.807, 2.05) is 119 Å². The number of benzene rings is 3. The zero-order valence-corrected chi connectivity index (χ0v) is 31.0. The molecule has 4 saturated heterocycles. The van der Waals surface area contributed by atoms with Gasteiger partial charge in [-0.1, -0.05) is 91.0 Å². The van der Waals surface area contributed by atoms with Crippen molar-refractivity contribution in [1.29, 1.82) is 0 Å². The summed E-state index contributed by atoms with van der Waals surface area (Å²) >= 11 is 0. The summed E-state index contributed by atoms with van der Waals surface area (Å²) < 4.78 is 64.7. The highest BCUT2D eigenvalue weighted by Gasteiger charge is 2.61. The number of hydrogen-bond acceptors (Lipinski definition) is 11. The number of nitrogens with one attached hydrogen (secondary N) is 1. The number of ether oxygens (including phenoxy) is 10. The standard InChI is InChI=1S/C41H51NO11/c1-26(43)42-32-35(46-23-29-19-13-8-14-20-29)33(45-22-28-17-11-7-12-18-28)30(24-44-21-27-15-9-6-10-16-27)48-38(32)50-36-34(31-25-47-40(2,3)51-31)49-39-37(36)52-41(4,5)53-39/h6-20,30-39H,21-25H2,1-5H3,(H,42,43)/t30-,31-,32-,33-,34-,35-,36+,37-,38-,39-/m1/s1. The molecule has 0 aliphatic carbocycles. The van der Waals surface area contributed by atoms with Crippen molar-refractivity contribution in [2.24, 2.45) is 0 Å². The molecule has 0 spiro atoms. The summed E-state index contributed by atoms with van der Waals surface area (Å²) in [5.74, 6) is -2.00. The molecule has 0 radical (unpaired) electrons. The second-order valence-electron chi connectivity index (χ2n) is 14.8.